The molecule has 0 amide bonds. The molecule has 2 aromatic carbocycles. The monoisotopic (exact) mass is 272 g/mol. The molecule has 0 fully saturated rings. The first-order valence-electron chi connectivity index (χ1n) is 6.81. The Kier molecular flexibility index (Phi) is 4.01. The van der Waals surface area contributed by atoms with E-state index in [1.54, 1.807) is 0 Å². The minimum atomic E-state index is 0.866. The highest BCUT2D eigenvalue weighted by molar-refractivity contribution is 6.31. The largest absolute Gasteiger partial charge is 0.0840 e. The van der Waals surface area contributed by atoms with Gasteiger partial charge in [0.2, 0.25) is 0 Å². The number of hydrogen-bond donors (Lipinski definition) is 0. The van der Waals surface area contributed by atoms with Crippen molar-refractivity contribution in [2.75, 3.05) is 0 Å². The second-order valence-corrected chi connectivity index (χ2v) is 5.74. The van der Waals surface area contributed by atoms with E-state index < -0.39 is 0 Å². The molecule has 2 aromatic rings. The number of aryl methyl sites for hydroxylation is 3. The summed E-state index contributed by atoms with van der Waals surface area (Å²) >= 11 is 6.36. The summed E-state index contributed by atoms with van der Waals surface area (Å²) in [4.78, 5) is 0. The zero-order chi connectivity index (χ0) is 14.2. The van der Waals surface area contributed by atoms with Crippen molar-refractivity contribution in [3.63, 3.8) is 0 Å². The highest BCUT2D eigenvalue weighted by Gasteiger charge is 2.08. The molecule has 1 heteroatoms. The van der Waals surface area contributed by atoms with E-state index in [0.29, 0.717) is 0 Å². The fraction of sp³-hybridized carbons (Fsp3) is 0.333. The van der Waals surface area contributed by atoms with E-state index in [-0.39, 0.29) is 0 Å². The van der Waals surface area contributed by atoms with Crippen LogP contribution in [0.15, 0.2) is 24.3 Å². The van der Waals surface area contributed by atoms with Crippen LogP contribution >= 0.6 is 11.6 Å². The lowest BCUT2D eigenvalue weighted by atomic mass is 9.94. The van der Waals surface area contributed by atoms with Gasteiger partial charge in [0.25, 0.3) is 0 Å². The summed E-state index contributed by atoms with van der Waals surface area (Å²) in [6.45, 7) is 10.8. The molecule has 0 aromatic heterocycles. The average molecular weight is 273 g/mol. The Hall–Kier alpha value is -1.27. The fourth-order valence-corrected chi connectivity index (χ4v) is 2.71. The molecule has 0 nitrogen and oxygen atoms in total. The van der Waals surface area contributed by atoms with Crippen molar-refractivity contribution >= 4 is 11.6 Å². The number of hydrogen-bond acceptors (Lipinski definition) is 0. The van der Waals surface area contributed by atoms with Crippen LogP contribution in [0.4, 0.5) is 0 Å². The molecule has 100 valence electrons. The Balaban J connectivity index is 2.62. The van der Waals surface area contributed by atoms with E-state index in [9.17, 15) is 0 Å². The van der Waals surface area contributed by atoms with Crippen molar-refractivity contribution in [1.82, 2.24) is 0 Å². The van der Waals surface area contributed by atoms with Gasteiger partial charge in [-0.3, -0.25) is 0 Å². The maximum Gasteiger partial charge on any atom is 0.0444 e. The molecule has 0 saturated carbocycles. The van der Waals surface area contributed by atoms with Crippen LogP contribution in [0.3, 0.4) is 0 Å². The zero-order valence-electron chi connectivity index (χ0n) is 12.4. The Morgan fingerprint density at radius 2 is 1.32 bits per heavy atom. The molecule has 0 heterocycles. The minimum absolute atomic E-state index is 0.866. The topological polar surface area (TPSA) is 0 Å². The third kappa shape index (κ3) is 2.69. The molecular weight excluding hydrogens is 252 g/mol. The molecule has 0 spiro atoms. The highest BCUT2D eigenvalue weighted by atomic mass is 35.5. The van der Waals surface area contributed by atoms with Gasteiger partial charge in [-0.2, -0.15) is 0 Å². The minimum Gasteiger partial charge on any atom is -0.0840 e. The summed E-state index contributed by atoms with van der Waals surface area (Å²) in [5.41, 5.74) is 9.06. The second-order valence-electron chi connectivity index (χ2n) is 5.33. The molecule has 19 heavy (non-hydrogen) atoms. The van der Waals surface area contributed by atoms with E-state index in [2.05, 4.69) is 58.9 Å². The molecule has 0 unspecified atom stereocenters. The summed E-state index contributed by atoms with van der Waals surface area (Å²) in [6.07, 6.45) is 1.02. The molecule has 0 bridgehead atoms. The highest BCUT2D eigenvalue weighted by Crippen LogP contribution is 2.30. The summed E-state index contributed by atoms with van der Waals surface area (Å²) in [6, 6.07) is 8.86. The normalized spacial score (nSPS) is 10.8. The summed E-state index contributed by atoms with van der Waals surface area (Å²) in [5, 5.41) is 0.866. The van der Waals surface area contributed by atoms with Crippen LogP contribution in [0.2, 0.25) is 5.02 Å². The van der Waals surface area contributed by atoms with Crippen molar-refractivity contribution < 1.29 is 0 Å². The van der Waals surface area contributed by atoms with Crippen LogP contribution in [-0.2, 0) is 6.42 Å². The van der Waals surface area contributed by atoms with Gasteiger partial charge >= 0.3 is 0 Å². The molecule has 0 aliphatic rings. The van der Waals surface area contributed by atoms with Crippen LogP contribution in [0.1, 0.15) is 34.7 Å². The van der Waals surface area contributed by atoms with E-state index in [4.69, 9.17) is 11.6 Å². The summed E-state index contributed by atoms with van der Waals surface area (Å²) < 4.78 is 0. The third-order valence-corrected chi connectivity index (χ3v) is 4.49. The van der Waals surface area contributed by atoms with Gasteiger partial charge in [-0.25, -0.2) is 0 Å². The first-order valence-corrected chi connectivity index (χ1v) is 7.19. The van der Waals surface area contributed by atoms with Gasteiger partial charge in [0.05, 0.1) is 0 Å². The van der Waals surface area contributed by atoms with E-state index >= 15 is 0 Å². The Labute approximate surface area is 121 Å². The van der Waals surface area contributed by atoms with Gasteiger partial charge in [-0.05, 0) is 79.1 Å². The first kappa shape index (κ1) is 14.1. The van der Waals surface area contributed by atoms with E-state index in [1.807, 2.05) is 0 Å². The predicted octanol–water partition coefficient (Wildman–Crippen LogP) is 5.80. The molecule has 0 atom stereocenters. The van der Waals surface area contributed by atoms with Crippen molar-refractivity contribution in [2.24, 2.45) is 0 Å². The Morgan fingerprint density at radius 1 is 0.789 bits per heavy atom. The van der Waals surface area contributed by atoms with Crippen LogP contribution in [0, 0.1) is 27.7 Å². The number of halogens is 1. The predicted molar refractivity (Wildman–Crippen MR) is 85.2 cm³/mol. The third-order valence-electron chi connectivity index (χ3n) is 4.09. The van der Waals surface area contributed by atoms with Crippen molar-refractivity contribution in [3.8, 4) is 11.1 Å². The summed E-state index contributed by atoms with van der Waals surface area (Å²) in [7, 11) is 0. The lowest BCUT2D eigenvalue weighted by Gasteiger charge is -2.13. The van der Waals surface area contributed by atoms with Crippen LogP contribution in [-0.4, -0.2) is 0 Å². The molecule has 0 N–H and O–H groups in total. The Bertz CT molecular complexity index is 601. The van der Waals surface area contributed by atoms with Gasteiger partial charge < -0.3 is 0 Å². The smallest absolute Gasteiger partial charge is 0.0444 e. The lowest BCUT2D eigenvalue weighted by Crippen LogP contribution is -1.92. The van der Waals surface area contributed by atoms with Gasteiger partial charge in [0.1, 0.15) is 0 Å². The maximum absolute atomic E-state index is 6.36. The van der Waals surface area contributed by atoms with Crippen molar-refractivity contribution in [2.45, 2.75) is 41.0 Å². The molecule has 0 radical (unpaired) electrons. The fourth-order valence-electron chi connectivity index (χ4n) is 2.47. The quantitative estimate of drug-likeness (QED) is 0.648. The number of rotatable bonds is 2. The van der Waals surface area contributed by atoms with Crippen LogP contribution < -0.4 is 0 Å². The van der Waals surface area contributed by atoms with Gasteiger partial charge in [-0.15, -0.1) is 0 Å². The van der Waals surface area contributed by atoms with Crippen LogP contribution in [0.25, 0.3) is 11.1 Å². The molecule has 0 saturated heterocycles. The number of benzene rings is 2. The van der Waals surface area contributed by atoms with Gasteiger partial charge in [-0.1, -0.05) is 36.7 Å². The average Bonchev–Trinajstić information content (AvgIpc) is 2.38. The maximum atomic E-state index is 6.36. The summed E-state index contributed by atoms with van der Waals surface area (Å²) in [5.74, 6) is 0. The van der Waals surface area contributed by atoms with E-state index in [0.717, 1.165) is 11.4 Å². The molecular formula is C18H21Cl. The lowest BCUT2D eigenvalue weighted by molar-refractivity contribution is 1.11. The second kappa shape index (κ2) is 5.38. The van der Waals surface area contributed by atoms with Crippen molar-refractivity contribution in [3.05, 3.63) is 57.1 Å². The molecule has 0 aliphatic heterocycles. The van der Waals surface area contributed by atoms with Gasteiger partial charge in [0.15, 0.2) is 0 Å². The van der Waals surface area contributed by atoms with Crippen LogP contribution in [0.5, 0.6) is 0 Å². The van der Waals surface area contributed by atoms with E-state index in [1.165, 1.54) is 38.9 Å². The Morgan fingerprint density at radius 3 is 1.84 bits per heavy atom. The molecule has 0 aliphatic carbocycles. The zero-order valence-corrected chi connectivity index (χ0v) is 13.2. The van der Waals surface area contributed by atoms with Gasteiger partial charge in [0, 0.05) is 5.02 Å². The first-order chi connectivity index (χ1) is 8.93. The molecule has 2 rings (SSSR count). The SMILES string of the molecule is CCc1cc(-c2cc(C)c(C)c(C)c2)cc(Cl)c1C. The van der Waals surface area contributed by atoms with Crippen molar-refractivity contribution in [1.29, 1.82) is 0 Å². The standard InChI is InChI=1S/C18H21Cl/c1-6-15-9-17(10-18(19)14(15)5)16-7-11(2)13(4)12(3)8-16/h7-10H,6H2,1-5H3.